The summed E-state index contributed by atoms with van der Waals surface area (Å²) in [5, 5.41) is 0. The second-order valence-electron chi connectivity index (χ2n) is 5.93. The molecular formula is C15H21IN2O2. The van der Waals surface area contributed by atoms with Gasteiger partial charge in [-0.1, -0.05) is 6.07 Å². The van der Waals surface area contributed by atoms with Crippen molar-refractivity contribution in [3.05, 3.63) is 27.8 Å². The summed E-state index contributed by atoms with van der Waals surface area (Å²) < 4.78 is 6.64. The number of halogens is 1. The summed E-state index contributed by atoms with van der Waals surface area (Å²) in [6.45, 7) is 8.80. The van der Waals surface area contributed by atoms with E-state index in [0.29, 0.717) is 13.1 Å². The van der Waals surface area contributed by atoms with Gasteiger partial charge in [-0.2, -0.15) is 0 Å². The lowest BCUT2D eigenvalue weighted by Crippen LogP contribution is -2.50. The van der Waals surface area contributed by atoms with E-state index in [4.69, 9.17) is 4.74 Å². The summed E-state index contributed by atoms with van der Waals surface area (Å²) in [6.07, 6.45) is -0.209. The first-order chi connectivity index (χ1) is 9.35. The molecule has 0 unspecified atom stereocenters. The Labute approximate surface area is 134 Å². The minimum absolute atomic E-state index is 0.209. The van der Waals surface area contributed by atoms with Gasteiger partial charge in [-0.25, -0.2) is 4.79 Å². The topological polar surface area (TPSA) is 32.8 Å². The quantitative estimate of drug-likeness (QED) is 0.692. The zero-order chi connectivity index (χ0) is 14.8. The molecule has 1 fully saturated rings. The maximum absolute atomic E-state index is 12.0. The van der Waals surface area contributed by atoms with Crippen molar-refractivity contribution in [1.82, 2.24) is 4.90 Å². The minimum atomic E-state index is -0.427. The van der Waals surface area contributed by atoms with Crippen molar-refractivity contribution in [3.63, 3.8) is 0 Å². The van der Waals surface area contributed by atoms with Gasteiger partial charge in [-0.05, 0) is 61.6 Å². The molecular weight excluding hydrogens is 367 g/mol. The van der Waals surface area contributed by atoms with Gasteiger partial charge in [0.25, 0.3) is 0 Å². The van der Waals surface area contributed by atoms with Crippen LogP contribution in [-0.4, -0.2) is 42.8 Å². The molecule has 1 amide bonds. The number of benzene rings is 1. The largest absolute Gasteiger partial charge is 0.444 e. The van der Waals surface area contributed by atoms with Crippen LogP contribution in [0.1, 0.15) is 20.8 Å². The van der Waals surface area contributed by atoms with E-state index in [1.54, 1.807) is 4.90 Å². The molecule has 0 radical (unpaired) electrons. The smallest absolute Gasteiger partial charge is 0.410 e. The number of amides is 1. The average Bonchev–Trinajstić information content (AvgIpc) is 2.37. The van der Waals surface area contributed by atoms with Gasteiger partial charge in [0, 0.05) is 35.4 Å². The second kappa shape index (κ2) is 6.20. The number of nitrogens with zero attached hydrogens (tertiary/aromatic N) is 2. The van der Waals surface area contributed by atoms with Gasteiger partial charge in [-0.15, -0.1) is 0 Å². The van der Waals surface area contributed by atoms with Crippen LogP contribution in [0.2, 0.25) is 0 Å². The van der Waals surface area contributed by atoms with Crippen LogP contribution in [0.25, 0.3) is 0 Å². The Hall–Kier alpha value is -0.980. The fourth-order valence-electron chi connectivity index (χ4n) is 2.15. The third kappa shape index (κ3) is 4.26. The Kier molecular flexibility index (Phi) is 4.78. The van der Waals surface area contributed by atoms with Gasteiger partial charge in [0.15, 0.2) is 0 Å². The van der Waals surface area contributed by atoms with E-state index in [1.165, 1.54) is 9.26 Å². The zero-order valence-corrected chi connectivity index (χ0v) is 14.4. The van der Waals surface area contributed by atoms with E-state index >= 15 is 0 Å². The molecule has 20 heavy (non-hydrogen) atoms. The number of carbonyl (C=O) groups is 1. The van der Waals surface area contributed by atoms with Crippen molar-refractivity contribution in [2.45, 2.75) is 26.4 Å². The fraction of sp³-hybridized carbons (Fsp3) is 0.533. The maximum Gasteiger partial charge on any atom is 0.410 e. The molecule has 1 saturated heterocycles. The molecule has 1 heterocycles. The van der Waals surface area contributed by atoms with Crippen molar-refractivity contribution in [3.8, 4) is 0 Å². The maximum atomic E-state index is 12.0. The first-order valence-electron chi connectivity index (χ1n) is 6.83. The SMILES string of the molecule is CC(C)(C)OC(=O)N1CCN(c2cccc(I)c2)CC1. The first-order valence-corrected chi connectivity index (χ1v) is 7.91. The van der Waals surface area contributed by atoms with Crippen LogP contribution in [-0.2, 0) is 4.74 Å². The molecule has 0 N–H and O–H groups in total. The molecule has 0 aliphatic carbocycles. The molecule has 0 aromatic heterocycles. The summed E-state index contributed by atoms with van der Waals surface area (Å²) in [5.41, 5.74) is 0.796. The summed E-state index contributed by atoms with van der Waals surface area (Å²) in [5.74, 6) is 0. The van der Waals surface area contributed by atoms with E-state index in [2.05, 4.69) is 51.8 Å². The van der Waals surface area contributed by atoms with Crippen LogP contribution in [0.15, 0.2) is 24.3 Å². The van der Waals surface area contributed by atoms with E-state index in [9.17, 15) is 4.79 Å². The summed E-state index contributed by atoms with van der Waals surface area (Å²) in [7, 11) is 0. The lowest BCUT2D eigenvalue weighted by molar-refractivity contribution is 0.0240. The van der Waals surface area contributed by atoms with Gasteiger partial charge in [0.2, 0.25) is 0 Å². The van der Waals surface area contributed by atoms with Gasteiger partial charge in [0.05, 0.1) is 0 Å². The number of anilines is 1. The molecule has 1 aliphatic heterocycles. The molecule has 2 rings (SSSR count). The monoisotopic (exact) mass is 388 g/mol. The van der Waals surface area contributed by atoms with Crippen LogP contribution in [0, 0.1) is 3.57 Å². The number of ether oxygens (including phenoxy) is 1. The lowest BCUT2D eigenvalue weighted by atomic mass is 10.2. The number of rotatable bonds is 1. The Balaban J connectivity index is 1.91. The highest BCUT2D eigenvalue weighted by atomic mass is 127. The Bertz CT molecular complexity index is 477. The van der Waals surface area contributed by atoms with Crippen LogP contribution < -0.4 is 4.90 Å². The lowest BCUT2D eigenvalue weighted by Gasteiger charge is -2.36. The average molecular weight is 388 g/mol. The molecule has 1 aromatic rings. The standard InChI is InChI=1S/C15H21IN2O2/c1-15(2,3)20-14(19)18-9-7-17(8-10-18)13-6-4-5-12(16)11-13/h4-6,11H,7-10H2,1-3H3. The molecule has 0 atom stereocenters. The highest BCUT2D eigenvalue weighted by Crippen LogP contribution is 2.20. The van der Waals surface area contributed by atoms with Crippen LogP contribution in [0.5, 0.6) is 0 Å². The van der Waals surface area contributed by atoms with Crippen LogP contribution in [0.3, 0.4) is 0 Å². The number of hydrogen-bond donors (Lipinski definition) is 0. The molecule has 0 bridgehead atoms. The highest BCUT2D eigenvalue weighted by Gasteiger charge is 2.25. The van der Waals surface area contributed by atoms with Gasteiger partial charge < -0.3 is 14.5 Å². The van der Waals surface area contributed by atoms with E-state index < -0.39 is 5.60 Å². The molecule has 4 nitrogen and oxygen atoms in total. The summed E-state index contributed by atoms with van der Waals surface area (Å²) in [4.78, 5) is 16.1. The van der Waals surface area contributed by atoms with Crippen molar-refractivity contribution >= 4 is 34.4 Å². The van der Waals surface area contributed by atoms with E-state index in [-0.39, 0.29) is 6.09 Å². The summed E-state index contributed by atoms with van der Waals surface area (Å²) in [6, 6.07) is 8.44. The van der Waals surface area contributed by atoms with Gasteiger partial charge >= 0.3 is 6.09 Å². The van der Waals surface area contributed by atoms with Crippen LogP contribution in [0.4, 0.5) is 10.5 Å². The summed E-state index contributed by atoms with van der Waals surface area (Å²) >= 11 is 2.32. The van der Waals surface area contributed by atoms with E-state index in [0.717, 1.165) is 13.1 Å². The Morgan fingerprint density at radius 3 is 2.40 bits per heavy atom. The number of piperazine rings is 1. The van der Waals surface area contributed by atoms with Gasteiger partial charge in [-0.3, -0.25) is 0 Å². The molecule has 1 aromatic carbocycles. The third-order valence-corrected chi connectivity index (χ3v) is 3.78. The fourth-order valence-corrected chi connectivity index (χ4v) is 2.67. The normalized spacial score (nSPS) is 16.2. The Morgan fingerprint density at radius 2 is 1.85 bits per heavy atom. The Morgan fingerprint density at radius 1 is 1.20 bits per heavy atom. The zero-order valence-electron chi connectivity index (χ0n) is 12.2. The van der Waals surface area contributed by atoms with E-state index in [1.807, 2.05) is 20.8 Å². The van der Waals surface area contributed by atoms with Crippen molar-refractivity contribution in [2.24, 2.45) is 0 Å². The first kappa shape index (κ1) is 15.4. The van der Waals surface area contributed by atoms with Gasteiger partial charge in [0.1, 0.15) is 5.60 Å². The molecule has 110 valence electrons. The molecule has 0 saturated carbocycles. The van der Waals surface area contributed by atoms with Crippen molar-refractivity contribution in [1.29, 1.82) is 0 Å². The molecule has 0 spiro atoms. The van der Waals surface area contributed by atoms with Crippen molar-refractivity contribution < 1.29 is 9.53 Å². The predicted octanol–water partition coefficient (Wildman–Crippen LogP) is 3.35. The minimum Gasteiger partial charge on any atom is -0.444 e. The third-order valence-electron chi connectivity index (χ3n) is 3.10. The second-order valence-corrected chi connectivity index (χ2v) is 7.18. The molecule has 1 aliphatic rings. The number of carbonyl (C=O) groups excluding carboxylic acids is 1. The predicted molar refractivity (Wildman–Crippen MR) is 89.2 cm³/mol. The molecule has 5 heteroatoms. The number of hydrogen-bond acceptors (Lipinski definition) is 3. The van der Waals surface area contributed by atoms with Crippen molar-refractivity contribution in [2.75, 3.05) is 31.1 Å². The van der Waals surface area contributed by atoms with Crippen LogP contribution >= 0.6 is 22.6 Å². The highest BCUT2D eigenvalue weighted by molar-refractivity contribution is 14.1.